The van der Waals surface area contributed by atoms with E-state index in [0.717, 1.165) is 0 Å². The van der Waals surface area contributed by atoms with Crippen LogP contribution in [0.5, 0.6) is 0 Å². The first-order chi connectivity index (χ1) is 11.7. The Labute approximate surface area is 146 Å². The van der Waals surface area contributed by atoms with Gasteiger partial charge in [-0.1, -0.05) is 32.0 Å². The number of amides is 1. The topological polar surface area (TPSA) is 113 Å². The molecule has 0 bridgehead atoms. The third-order valence-electron chi connectivity index (χ3n) is 3.46. The van der Waals surface area contributed by atoms with Crippen molar-refractivity contribution in [1.29, 1.82) is 5.26 Å². The second kappa shape index (κ2) is 7.40. The normalized spacial score (nSPS) is 11.2. The van der Waals surface area contributed by atoms with Crippen LogP contribution in [0.3, 0.4) is 0 Å². The van der Waals surface area contributed by atoms with Crippen LogP contribution < -0.4 is 4.72 Å². The number of aryl methyl sites for hydroxylation is 1. The van der Waals surface area contributed by atoms with Crippen molar-refractivity contribution in [1.82, 2.24) is 14.7 Å². The molecular weight excluding hydrogens is 340 g/mol. The minimum Gasteiger partial charge on any atom is -0.268 e. The molecule has 0 unspecified atom stereocenters. The van der Waals surface area contributed by atoms with E-state index in [2.05, 4.69) is 9.97 Å². The predicted octanol–water partition coefficient (Wildman–Crippen LogP) is 2.04. The Balaban J connectivity index is 2.27. The van der Waals surface area contributed by atoms with Gasteiger partial charge in [-0.25, -0.2) is 23.1 Å². The number of sulfonamides is 1. The lowest BCUT2D eigenvalue weighted by Crippen LogP contribution is -2.33. The molecule has 0 spiro atoms. The number of hydrogen-bond donors (Lipinski definition) is 1. The fraction of sp³-hybridized carbons (Fsp3) is 0.294. The van der Waals surface area contributed by atoms with Gasteiger partial charge in [0.2, 0.25) is 10.0 Å². The van der Waals surface area contributed by atoms with Crippen LogP contribution in [-0.2, 0) is 15.8 Å². The van der Waals surface area contributed by atoms with Gasteiger partial charge in [0, 0.05) is 6.20 Å². The Kier molecular flexibility index (Phi) is 5.49. The molecule has 7 nitrogen and oxygen atoms in total. The van der Waals surface area contributed by atoms with Crippen molar-refractivity contribution in [3.8, 4) is 6.07 Å². The van der Waals surface area contributed by atoms with E-state index in [1.165, 1.54) is 18.3 Å². The fourth-order valence-corrected chi connectivity index (χ4v) is 3.42. The summed E-state index contributed by atoms with van der Waals surface area (Å²) in [5, 5.41) is 9.05. The second-order valence-corrected chi connectivity index (χ2v) is 7.55. The number of carbonyl (C=O) groups is 1. The van der Waals surface area contributed by atoms with Crippen molar-refractivity contribution in [2.45, 2.75) is 32.4 Å². The van der Waals surface area contributed by atoms with Gasteiger partial charge in [0.1, 0.15) is 5.82 Å². The number of carbonyl (C=O) groups excluding carboxylic acids is 1. The van der Waals surface area contributed by atoms with Crippen LogP contribution in [0.4, 0.5) is 0 Å². The third-order valence-corrected chi connectivity index (χ3v) is 4.65. The average Bonchev–Trinajstić information content (AvgIpc) is 2.54. The van der Waals surface area contributed by atoms with Crippen LogP contribution in [0, 0.1) is 18.3 Å². The van der Waals surface area contributed by atoms with Crippen LogP contribution in [0.1, 0.15) is 52.8 Å². The van der Waals surface area contributed by atoms with Crippen molar-refractivity contribution < 1.29 is 13.2 Å². The zero-order valence-electron chi connectivity index (χ0n) is 14.1. The summed E-state index contributed by atoms with van der Waals surface area (Å²) >= 11 is 0. The average molecular weight is 358 g/mol. The SMILES string of the molecule is Cc1ncc(C(=O)NS(=O)(=O)Cc2ccccc2C#N)c(C(C)C)n1. The summed E-state index contributed by atoms with van der Waals surface area (Å²) in [5.41, 5.74) is 1.19. The molecule has 0 aliphatic rings. The van der Waals surface area contributed by atoms with Gasteiger partial charge < -0.3 is 0 Å². The molecule has 1 aromatic carbocycles. The number of rotatable bonds is 5. The van der Waals surface area contributed by atoms with E-state index in [-0.39, 0.29) is 17.0 Å². The molecule has 1 amide bonds. The first-order valence-corrected chi connectivity index (χ1v) is 9.25. The Hall–Kier alpha value is -2.79. The lowest BCUT2D eigenvalue weighted by molar-refractivity contribution is 0.0979. The number of benzene rings is 1. The fourth-order valence-electron chi connectivity index (χ4n) is 2.29. The molecule has 1 heterocycles. The molecule has 2 aromatic rings. The molecule has 0 radical (unpaired) electrons. The second-order valence-electron chi connectivity index (χ2n) is 5.83. The van der Waals surface area contributed by atoms with E-state index < -0.39 is 21.7 Å². The summed E-state index contributed by atoms with van der Waals surface area (Å²) in [4.78, 5) is 20.6. The number of hydrogen-bond acceptors (Lipinski definition) is 6. The van der Waals surface area contributed by atoms with Crippen molar-refractivity contribution in [3.05, 3.63) is 58.7 Å². The molecule has 0 saturated heterocycles. The van der Waals surface area contributed by atoms with Gasteiger partial charge in [-0.3, -0.25) is 4.79 Å². The van der Waals surface area contributed by atoms with Crippen LogP contribution in [-0.4, -0.2) is 24.3 Å². The van der Waals surface area contributed by atoms with Gasteiger partial charge in [-0.2, -0.15) is 5.26 Å². The van der Waals surface area contributed by atoms with Gasteiger partial charge in [-0.05, 0) is 24.5 Å². The molecular formula is C17H18N4O3S. The molecule has 0 saturated carbocycles. The smallest absolute Gasteiger partial charge is 0.268 e. The number of nitrogens with one attached hydrogen (secondary N) is 1. The molecule has 0 aliphatic carbocycles. The highest BCUT2D eigenvalue weighted by Crippen LogP contribution is 2.17. The summed E-state index contributed by atoms with van der Waals surface area (Å²) in [6.07, 6.45) is 1.33. The van der Waals surface area contributed by atoms with Gasteiger partial charge in [0.15, 0.2) is 0 Å². The van der Waals surface area contributed by atoms with Crippen LogP contribution in [0.15, 0.2) is 30.5 Å². The maximum absolute atomic E-state index is 12.4. The Bertz CT molecular complexity index is 947. The lowest BCUT2D eigenvalue weighted by atomic mass is 10.0. The summed E-state index contributed by atoms with van der Waals surface area (Å²) < 4.78 is 26.7. The summed E-state index contributed by atoms with van der Waals surface area (Å²) in [6, 6.07) is 8.28. The predicted molar refractivity (Wildman–Crippen MR) is 92.1 cm³/mol. The molecule has 0 atom stereocenters. The standard InChI is InChI=1S/C17H18N4O3S/c1-11(2)16-15(9-19-12(3)20-16)17(22)21-25(23,24)10-14-7-5-4-6-13(14)8-18/h4-7,9,11H,10H2,1-3H3,(H,21,22). The summed E-state index contributed by atoms with van der Waals surface area (Å²) in [5.74, 6) is -0.805. The maximum atomic E-state index is 12.4. The quantitative estimate of drug-likeness (QED) is 0.875. The zero-order chi connectivity index (χ0) is 18.6. The zero-order valence-corrected chi connectivity index (χ0v) is 15.0. The van der Waals surface area contributed by atoms with Gasteiger partial charge in [0.25, 0.3) is 5.91 Å². The Morgan fingerprint density at radius 2 is 2.00 bits per heavy atom. The highest BCUT2D eigenvalue weighted by molar-refractivity contribution is 7.89. The Morgan fingerprint density at radius 3 is 2.64 bits per heavy atom. The van der Waals surface area contributed by atoms with E-state index in [4.69, 9.17) is 5.26 Å². The molecule has 0 fully saturated rings. The van der Waals surface area contributed by atoms with Crippen LogP contribution in [0.2, 0.25) is 0 Å². The number of nitrogens with zero attached hydrogens (tertiary/aromatic N) is 3. The van der Waals surface area contributed by atoms with Crippen molar-refractivity contribution in [3.63, 3.8) is 0 Å². The van der Waals surface area contributed by atoms with E-state index >= 15 is 0 Å². The minimum atomic E-state index is -3.97. The van der Waals surface area contributed by atoms with Crippen molar-refractivity contribution in [2.24, 2.45) is 0 Å². The van der Waals surface area contributed by atoms with Gasteiger partial charge >= 0.3 is 0 Å². The van der Waals surface area contributed by atoms with E-state index in [0.29, 0.717) is 17.1 Å². The number of aromatic nitrogens is 2. The van der Waals surface area contributed by atoms with E-state index in [1.54, 1.807) is 19.1 Å². The molecule has 1 N–H and O–H groups in total. The van der Waals surface area contributed by atoms with Crippen LogP contribution >= 0.6 is 0 Å². The molecule has 2 rings (SSSR count). The largest absolute Gasteiger partial charge is 0.268 e. The lowest BCUT2D eigenvalue weighted by Gasteiger charge is -2.12. The molecule has 25 heavy (non-hydrogen) atoms. The number of nitriles is 1. The van der Waals surface area contributed by atoms with Gasteiger partial charge in [-0.15, -0.1) is 0 Å². The summed E-state index contributed by atoms with van der Waals surface area (Å²) in [7, 11) is -3.97. The van der Waals surface area contributed by atoms with E-state index in [1.807, 2.05) is 24.6 Å². The Morgan fingerprint density at radius 1 is 1.32 bits per heavy atom. The monoisotopic (exact) mass is 358 g/mol. The van der Waals surface area contributed by atoms with E-state index in [9.17, 15) is 13.2 Å². The molecule has 0 aliphatic heterocycles. The minimum absolute atomic E-state index is 0.0653. The van der Waals surface area contributed by atoms with Gasteiger partial charge in [0.05, 0.1) is 28.6 Å². The highest BCUT2D eigenvalue weighted by Gasteiger charge is 2.22. The molecule has 1 aromatic heterocycles. The first kappa shape index (κ1) is 18.5. The molecule has 130 valence electrons. The summed E-state index contributed by atoms with van der Waals surface area (Å²) in [6.45, 7) is 5.41. The molecule has 8 heteroatoms. The van der Waals surface area contributed by atoms with Crippen molar-refractivity contribution >= 4 is 15.9 Å². The van der Waals surface area contributed by atoms with Crippen LogP contribution in [0.25, 0.3) is 0 Å². The third kappa shape index (κ3) is 4.61. The highest BCUT2D eigenvalue weighted by atomic mass is 32.2. The first-order valence-electron chi connectivity index (χ1n) is 7.60. The maximum Gasteiger partial charge on any atom is 0.268 e. The van der Waals surface area contributed by atoms with Crippen molar-refractivity contribution in [2.75, 3.05) is 0 Å².